The minimum Gasteiger partial charge on any atom is -0.379 e. The lowest BCUT2D eigenvalue weighted by molar-refractivity contribution is -0.384. The van der Waals surface area contributed by atoms with Crippen molar-refractivity contribution in [1.82, 2.24) is 0 Å². The summed E-state index contributed by atoms with van der Waals surface area (Å²) in [4.78, 5) is 9.94. The van der Waals surface area contributed by atoms with E-state index in [1.807, 2.05) is 0 Å². The molecule has 1 aromatic rings. The number of nitro groups is 1. The first-order valence-corrected chi connectivity index (χ1v) is 5.30. The molecule has 0 aliphatic rings. The van der Waals surface area contributed by atoms with Gasteiger partial charge in [-0.3, -0.25) is 10.1 Å². The van der Waals surface area contributed by atoms with Crippen molar-refractivity contribution in [3.8, 4) is 6.07 Å². The van der Waals surface area contributed by atoms with Crippen LogP contribution in [0.25, 0.3) is 0 Å². The van der Waals surface area contributed by atoms with Crippen molar-refractivity contribution < 1.29 is 23.2 Å². The van der Waals surface area contributed by atoms with Gasteiger partial charge in [-0.05, 0) is 19.1 Å². The number of anilines is 1. The Labute approximate surface area is 111 Å². The van der Waals surface area contributed by atoms with E-state index in [2.05, 4.69) is 5.32 Å². The van der Waals surface area contributed by atoms with Crippen molar-refractivity contribution in [3.05, 3.63) is 33.9 Å². The summed E-state index contributed by atoms with van der Waals surface area (Å²) in [6.07, 6.45) is -4.89. The van der Waals surface area contributed by atoms with E-state index in [9.17, 15) is 28.4 Å². The zero-order chi connectivity index (χ0) is 15.6. The second-order valence-electron chi connectivity index (χ2n) is 4.23. The summed E-state index contributed by atoms with van der Waals surface area (Å²) in [5, 5.41) is 30.8. The molecule has 9 heteroatoms. The summed E-state index contributed by atoms with van der Waals surface area (Å²) in [6, 6.07) is 4.93. The van der Waals surface area contributed by atoms with Crippen LogP contribution in [0.5, 0.6) is 0 Å². The number of rotatable bonds is 4. The molecule has 0 saturated heterocycles. The third-order valence-corrected chi connectivity index (χ3v) is 2.56. The molecule has 0 spiro atoms. The summed E-state index contributed by atoms with van der Waals surface area (Å²) in [6.45, 7) is -0.438. The molecule has 0 unspecified atom stereocenters. The molecule has 108 valence electrons. The molecule has 0 aliphatic heterocycles. The zero-order valence-corrected chi connectivity index (χ0v) is 10.2. The molecule has 0 fully saturated rings. The van der Waals surface area contributed by atoms with Crippen LogP contribution in [-0.2, 0) is 0 Å². The number of alkyl halides is 3. The van der Waals surface area contributed by atoms with Gasteiger partial charge < -0.3 is 10.4 Å². The Morgan fingerprint density at radius 1 is 1.50 bits per heavy atom. The average Bonchev–Trinajstić information content (AvgIpc) is 2.34. The number of nitrogens with one attached hydrogen (secondary N) is 1. The number of aliphatic hydroxyl groups is 1. The van der Waals surface area contributed by atoms with E-state index in [-0.39, 0.29) is 11.3 Å². The van der Waals surface area contributed by atoms with Gasteiger partial charge in [-0.25, -0.2) is 0 Å². The van der Waals surface area contributed by atoms with Crippen LogP contribution in [0, 0.1) is 21.4 Å². The Kier molecular flexibility index (Phi) is 4.20. The predicted octanol–water partition coefficient (Wildman–Crippen LogP) is 2.19. The predicted molar refractivity (Wildman–Crippen MR) is 63.0 cm³/mol. The van der Waals surface area contributed by atoms with E-state index in [0.717, 1.165) is 12.1 Å². The number of nitro benzene ring substituents is 1. The maximum atomic E-state index is 12.5. The molecule has 0 aliphatic carbocycles. The Morgan fingerprint density at radius 2 is 2.10 bits per heavy atom. The number of benzene rings is 1. The monoisotopic (exact) mass is 289 g/mol. The molecule has 1 atom stereocenters. The van der Waals surface area contributed by atoms with Gasteiger partial charge in [0.05, 0.1) is 23.1 Å². The third-order valence-electron chi connectivity index (χ3n) is 2.56. The van der Waals surface area contributed by atoms with Crippen LogP contribution in [-0.4, -0.2) is 28.4 Å². The summed E-state index contributed by atoms with van der Waals surface area (Å²) in [5.74, 6) is 0. The van der Waals surface area contributed by atoms with Crippen LogP contribution in [0.1, 0.15) is 12.5 Å². The van der Waals surface area contributed by atoms with Crippen molar-refractivity contribution in [2.24, 2.45) is 0 Å². The Balaban J connectivity index is 3.03. The highest BCUT2D eigenvalue weighted by atomic mass is 19.4. The second kappa shape index (κ2) is 5.34. The fourth-order valence-corrected chi connectivity index (χ4v) is 1.27. The molecule has 0 aromatic heterocycles. The van der Waals surface area contributed by atoms with E-state index >= 15 is 0 Å². The molecule has 0 bridgehead atoms. The van der Waals surface area contributed by atoms with Gasteiger partial charge in [0.2, 0.25) is 0 Å². The molecule has 0 radical (unpaired) electrons. The van der Waals surface area contributed by atoms with Crippen LogP contribution >= 0.6 is 0 Å². The highest BCUT2D eigenvalue weighted by molar-refractivity contribution is 5.64. The summed E-state index contributed by atoms with van der Waals surface area (Å²) >= 11 is 0. The highest BCUT2D eigenvalue weighted by Crippen LogP contribution is 2.32. The lowest BCUT2D eigenvalue weighted by Crippen LogP contribution is -2.47. The van der Waals surface area contributed by atoms with E-state index in [1.165, 1.54) is 6.07 Å². The SMILES string of the molecule is C[C@@](O)(CNc1cc(C#N)ccc1[N+](=O)[O-])C(F)(F)F. The number of hydrogen-bond donors (Lipinski definition) is 2. The molecule has 6 nitrogen and oxygen atoms in total. The van der Waals surface area contributed by atoms with Gasteiger partial charge in [-0.1, -0.05) is 0 Å². The quantitative estimate of drug-likeness (QED) is 0.653. The minimum atomic E-state index is -4.89. The van der Waals surface area contributed by atoms with Crippen molar-refractivity contribution >= 4 is 11.4 Å². The molecule has 0 heterocycles. The summed E-state index contributed by atoms with van der Waals surface area (Å²) < 4.78 is 37.4. The van der Waals surface area contributed by atoms with Gasteiger partial charge in [-0.15, -0.1) is 0 Å². The molecule has 2 N–H and O–H groups in total. The highest BCUT2D eigenvalue weighted by Gasteiger charge is 2.49. The van der Waals surface area contributed by atoms with Crippen molar-refractivity contribution in [3.63, 3.8) is 0 Å². The van der Waals surface area contributed by atoms with E-state index in [0.29, 0.717) is 6.92 Å². The summed E-state index contributed by atoms with van der Waals surface area (Å²) in [7, 11) is 0. The third kappa shape index (κ3) is 3.36. The van der Waals surface area contributed by atoms with Gasteiger partial charge in [-0.2, -0.15) is 18.4 Å². The van der Waals surface area contributed by atoms with E-state index in [1.54, 1.807) is 6.07 Å². The van der Waals surface area contributed by atoms with E-state index < -0.39 is 28.9 Å². The second-order valence-corrected chi connectivity index (χ2v) is 4.23. The first kappa shape index (κ1) is 15.7. The van der Waals surface area contributed by atoms with E-state index in [4.69, 9.17) is 5.26 Å². The fraction of sp³-hybridized carbons (Fsp3) is 0.364. The Bertz CT molecular complexity index is 564. The lowest BCUT2D eigenvalue weighted by Gasteiger charge is -2.26. The van der Waals surface area contributed by atoms with Crippen molar-refractivity contribution in [1.29, 1.82) is 5.26 Å². The Hall–Kier alpha value is -2.34. The molecule has 1 aromatic carbocycles. The first-order chi connectivity index (χ1) is 9.08. The van der Waals surface area contributed by atoms with Gasteiger partial charge in [0.1, 0.15) is 5.69 Å². The van der Waals surface area contributed by atoms with Crippen molar-refractivity contribution in [2.75, 3.05) is 11.9 Å². The number of hydrogen-bond acceptors (Lipinski definition) is 5. The largest absolute Gasteiger partial charge is 0.418 e. The minimum absolute atomic E-state index is 0.0461. The van der Waals surface area contributed by atoms with Gasteiger partial charge in [0, 0.05) is 6.07 Å². The lowest BCUT2D eigenvalue weighted by atomic mass is 10.1. The summed E-state index contributed by atoms with van der Waals surface area (Å²) in [5.41, 5.74) is -3.76. The molecule has 1 rings (SSSR count). The average molecular weight is 289 g/mol. The van der Waals surface area contributed by atoms with Crippen LogP contribution in [0.3, 0.4) is 0 Å². The van der Waals surface area contributed by atoms with Crippen LogP contribution in [0.15, 0.2) is 18.2 Å². The van der Waals surface area contributed by atoms with Crippen molar-refractivity contribution in [2.45, 2.75) is 18.7 Å². The smallest absolute Gasteiger partial charge is 0.379 e. The number of nitrogens with zero attached hydrogens (tertiary/aromatic N) is 2. The standard InChI is InChI=1S/C11H10F3N3O3/c1-10(18,11(12,13)14)6-16-8-4-7(5-15)2-3-9(8)17(19)20/h2-4,16,18H,6H2,1H3/t10-/m1/s1. The topological polar surface area (TPSA) is 99.2 Å². The molecular weight excluding hydrogens is 279 g/mol. The maximum absolute atomic E-state index is 12.5. The van der Waals surface area contributed by atoms with Crippen LogP contribution < -0.4 is 5.32 Å². The molecular formula is C11H10F3N3O3. The van der Waals surface area contributed by atoms with Gasteiger partial charge in [0.15, 0.2) is 5.60 Å². The van der Waals surface area contributed by atoms with Crippen LogP contribution in [0.4, 0.5) is 24.5 Å². The molecule has 0 saturated carbocycles. The zero-order valence-electron chi connectivity index (χ0n) is 10.2. The number of halogens is 3. The first-order valence-electron chi connectivity index (χ1n) is 5.30. The number of nitriles is 1. The maximum Gasteiger partial charge on any atom is 0.418 e. The molecule has 0 amide bonds. The van der Waals surface area contributed by atoms with Gasteiger partial charge in [0.25, 0.3) is 5.69 Å². The normalized spacial score (nSPS) is 14.2. The van der Waals surface area contributed by atoms with Crippen LogP contribution in [0.2, 0.25) is 0 Å². The van der Waals surface area contributed by atoms with Gasteiger partial charge >= 0.3 is 6.18 Å². The molecule has 20 heavy (non-hydrogen) atoms. The fourth-order valence-electron chi connectivity index (χ4n) is 1.27. The Morgan fingerprint density at radius 3 is 2.55 bits per heavy atom.